The van der Waals surface area contributed by atoms with Crippen LogP contribution in [0.15, 0.2) is 79.1 Å². The molecule has 0 aliphatic heterocycles. The number of nitrogens with zero attached hydrogens (tertiary/aromatic N) is 6. The van der Waals surface area contributed by atoms with Gasteiger partial charge in [0.1, 0.15) is 24.5 Å². The van der Waals surface area contributed by atoms with Crippen molar-refractivity contribution in [1.29, 1.82) is 0 Å². The van der Waals surface area contributed by atoms with Crippen molar-refractivity contribution in [2.45, 2.75) is 0 Å². The van der Waals surface area contributed by atoms with E-state index in [1.807, 2.05) is 62.6 Å². The summed E-state index contributed by atoms with van der Waals surface area (Å²) in [7, 11) is 4.01. The highest BCUT2D eigenvalue weighted by molar-refractivity contribution is 5.92. The van der Waals surface area contributed by atoms with Crippen LogP contribution in [-0.4, -0.2) is 56.9 Å². The summed E-state index contributed by atoms with van der Waals surface area (Å²) in [6, 6.07) is 21.5. The normalized spacial score (nSPS) is 11.1. The third kappa shape index (κ3) is 5.39. The molecule has 0 aliphatic rings. The van der Waals surface area contributed by atoms with Gasteiger partial charge < -0.3 is 20.3 Å². The summed E-state index contributed by atoms with van der Waals surface area (Å²) < 4.78 is 21.1. The zero-order valence-corrected chi connectivity index (χ0v) is 19.9. The third-order valence-corrected chi connectivity index (χ3v) is 5.32. The zero-order chi connectivity index (χ0) is 24.9. The van der Waals surface area contributed by atoms with Crippen LogP contribution < -0.4 is 15.4 Å². The highest BCUT2D eigenvalue weighted by Gasteiger charge is 2.15. The molecule has 182 valence electrons. The van der Waals surface area contributed by atoms with Crippen molar-refractivity contribution in [2.24, 2.45) is 0 Å². The van der Waals surface area contributed by atoms with E-state index < -0.39 is 0 Å². The average Bonchev–Trinajstić information content (AvgIpc) is 3.23. The molecule has 0 fully saturated rings. The van der Waals surface area contributed by atoms with Crippen molar-refractivity contribution in [3.8, 4) is 11.7 Å². The van der Waals surface area contributed by atoms with Crippen LogP contribution in [0.3, 0.4) is 0 Å². The lowest BCUT2D eigenvalue weighted by Crippen LogP contribution is -2.19. The Hall–Kier alpha value is -4.57. The number of benzene rings is 3. The fourth-order valence-electron chi connectivity index (χ4n) is 3.60. The van der Waals surface area contributed by atoms with E-state index in [2.05, 4.69) is 35.6 Å². The molecule has 0 atom stereocenters. The highest BCUT2D eigenvalue weighted by atomic mass is 19.1. The van der Waals surface area contributed by atoms with Crippen LogP contribution in [-0.2, 0) is 0 Å². The van der Waals surface area contributed by atoms with Crippen LogP contribution in [0.25, 0.3) is 16.9 Å². The summed E-state index contributed by atoms with van der Waals surface area (Å²) in [5.74, 6) is 1.69. The van der Waals surface area contributed by atoms with Gasteiger partial charge in [-0.3, -0.25) is 0 Å². The van der Waals surface area contributed by atoms with Crippen LogP contribution in [0.2, 0.25) is 0 Å². The van der Waals surface area contributed by atoms with Crippen molar-refractivity contribution < 1.29 is 9.13 Å². The minimum absolute atomic E-state index is 0.330. The molecule has 2 heterocycles. The Bertz CT molecular complexity index is 1490. The molecule has 10 heteroatoms. The number of rotatable bonds is 9. The van der Waals surface area contributed by atoms with E-state index in [4.69, 9.17) is 4.74 Å². The number of fused-ring (bicyclic) bond motifs is 1. The second kappa shape index (κ2) is 10.4. The molecule has 0 saturated carbocycles. The Kier molecular flexibility index (Phi) is 6.67. The Balaban J connectivity index is 1.40. The van der Waals surface area contributed by atoms with Gasteiger partial charge in [-0.05, 0) is 56.6 Å². The molecule has 36 heavy (non-hydrogen) atoms. The predicted molar refractivity (Wildman–Crippen MR) is 138 cm³/mol. The fourth-order valence-corrected chi connectivity index (χ4v) is 3.60. The molecule has 2 N–H and O–H groups in total. The molecule has 3 aromatic carbocycles. The molecular formula is C26H25FN8O. The number of halogens is 1. The average molecular weight is 485 g/mol. The number of hydrogen-bond acceptors (Lipinski definition) is 8. The first-order valence-corrected chi connectivity index (χ1v) is 11.4. The number of nitrogens with one attached hydrogen (secondary N) is 2. The number of ether oxygens (including phenoxy) is 1. The van der Waals surface area contributed by atoms with Gasteiger partial charge in [-0.25, -0.2) is 9.37 Å². The molecule has 0 amide bonds. The molecule has 5 rings (SSSR count). The van der Waals surface area contributed by atoms with Gasteiger partial charge in [-0.2, -0.15) is 14.6 Å². The van der Waals surface area contributed by atoms with Crippen molar-refractivity contribution in [1.82, 2.24) is 29.6 Å². The number of anilines is 4. The molecular weight excluding hydrogens is 459 g/mol. The van der Waals surface area contributed by atoms with Gasteiger partial charge >= 0.3 is 0 Å². The minimum atomic E-state index is -0.330. The van der Waals surface area contributed by atoms with E-state index >= 15 is 0 Å². The van der Waals surface area contributed by atoms with E-state index in [0.29, 0.717) is 30.0 Å². The van der Waals surface area contributed by atoms with Gasteiger partial charge in [0, 0.05) is 29.4 Å². The van der Waals surface area contributed by atoms with Crippen molar-refractivity contribution >= 4 is 34.0 Å². The maximum atomic E-state index is 13.7. The molecule has 0 aliphatic carbocycles. The minimum Gasteiger partial charge on any atom is -0.492 e. The highest BCUT2D eigenvalue weighted by Crippen LogP contribution is 2.28. The Morgan fingerprint density at radius 2 is 1.72 bits per heavy atom. The van der Waals surface area contributed by atoms with Gasteiger partial charge in [0.05, 0.1) is 5.52 Å². The Labute approximate surface area is 207 Å². The van der Waals surface area contributed by atoms with Crippen molar-refractivity contribution in [3.63, 3.8) is 0 Å². The molecule has 0 radical (unpaired) electrons. The standard InChI is InChI=1S/C26H25FN8O/c1-34(2)13-14-36-21-10-6-9-20(16-21)31-25-28-17-29-26(32-25)35-23-12-4-3-11-22(23)24(33-35)30-19-8-5-7-18(27)15-19/h3-12,15-17H,13-14H2,1-2H3,(H,30,33)(H,28,29,31,32). The first kappa shape index (κ1) is 23.2. The van der Waals surface area contributed by atoms with E-state index in [1.54, 1.807) is 16.8 Å². The molecule has 2 aromatic heterocycles. The van der Waals surface area contributed by atoms with E-state index in [9.17, 15) is 4.39 Å². The van der Waals surface area contributed by atoms with E-state index in [0.717, 1.165) is 28.9 Å². The monoisotopic (exact) mass is 484 g/mol. The number of likely N-dealkylation sites (N-methyl/N-ethyl adjacent to an activating group) is 1. The number of hydrogen-bond donors (Lipinski definition) is 2. The van der Waals surface area contributed by atoms with Crippen molar-refractivity contribution in [3.05, 3.63) is 84.9 Å². The number of aromatic nitrogens is 5. The van der Waals surface area contributed by atoms with Gasteiger partial charge in [0.2, 0.25) is 5.95 Å². The van der Waals surface area contributed by atoms with Gasteiger partial charge in [0.15, 0.2) is 5.82 Å². The number of para-hydroxylation sites is 1. The van der Waals surface area contributed by atoms with Crippen LogP contribution in [0, 0.1) is 5.82 Å². The Morgan fingerprint density at radius 1 is 0.917 bits per heavy atom. The molecule has 0 unspecified atom stereocenters. The van der Waals surface area contributed by atoms with Crippen LogP contribution >= 0.6 is 0 Å². The maximum Gasteiger partial charge on any atom is 0.255 e. The maximum absolute atomic E-state index is 13.7. The topological polar surface area (TPSA) is 93.0 Å². The molecule has 9 nitrogen and oxygen atoms in total. The molecule has 5 aromatic rings. The second-order valence-corrected chi connectivity index (χ2v) is 8.33. The summed E-state index contributed by atoms with van der Waals surface area (Å²) in [6.07, 6.45) is 1.43. The predicted octanol–water partition coefficient (Wildman–Crippen LogP) is 4.78. The van der Waals surface area contributed by atoms with E-state index in [1.165, 1.54) is 18.5 Å². The smallest absolute Gasteiger partial charge is 0.255 e. The molecule has 0 saturated heterocycles. The van der Waals surface area contributed by atoms with E-state index in [-0.39, 0.29) is 5.82 Å². The first-order valence-electron chi connectivity index (χ1n) is 11.4. The lowest BCUT2D eigenvalue weighted by Gasteiger charge is -2.12. The van der Waals surface area contributed by atoms with Crippen molar-refractivity contribution in [2.75, 3.05) is 37.9 Å². The van der Waals surface area contributed by atoms with Gasteiger partial charge in [0.25, 0.3) is 5.95 Å². The summed E-state index contributed by atoms with van der Waals surface area (Å²) in [5, 5.41) is 11.9. The second-order valence-electron chi connectivity index (χ2n) is 8.33. The fraction of sp³-hybridized carbons (Fsp3) is 0.154. The summed E-state index contributed by atoms with van der Waals surface area (Å²) >= 11 is 0. The quantitative estimate of drug-likeness (QED) is 0.309. The third-order valence-electron chi connectivity index (χ3n) is 5.32. The molecule has 0 bridgehead atoms. The lowest BCUT2D eigenvalue weighted by atomic mass is 10.2. The summed E-state index contributed by atoms with van der Waals surface area (Å²) in [5.41, 5.74) is 2.18. The molecule has 0 spiro atoms. The zero-order valence-electron chi connectivity index (χ0n) is 19.9. The van der Waals surface area contributed by atoms with Crippen LogP contribution in [0.5, 0.6) is 5.75 Å². The van der Waals surface area contributed by atoms with Crippen LogP contribution in [0.4, 0.5) is 27.5 Å². The SMILES string of the molecule is CN(C)CCOc1cccc(Nc2ncnc(-n3nc(Nc4cccc(F)c4)c4ccccc43)n2)c1. The Morgan fingerprint density at radius 3 is 2.56 bits per heavy atom. The lowest BCUT2D eigenvalue weighted by molar-refractivity contribution is 0.261. The van der Waals surface area contributed by atoms with Gasteiger partial charge in [-0.1, -0.05) is 24.3 Å². The summed E-state index contributed by atoms with van der Waals surface area (Å²) in [6.45, 7) is 1.41. The summed E-state index contributed by atoms with van der Waals surface area (Å²) in [4.78, 5) is 15.2. The van der Waals surface area contributed by atoms with Crippen LogP contribution in [0.1, 0.15) is 0 Å². The largest absolute Gasteiger partial charge is 0.492 e. The van der Waals surface area contributed by atoms with Gasteiger partial charge in [-0.15, -0.1) is 5.10 Å². The first-order chi connectivity index (χ1) is 17.5.